The highest BCUT2D eigenvalue weighted by Gasteiger charge is 2.37. The second kappa shape index (κ2) is 9.09. The molecule has 1 aromatic heterocycles. The van der Waals surface area contributed by atoms with Crippen LogP contribution in [0.3, 0.4) is 0 Å². The second-order valence-electron chi connectivity index (χ2n) is 6.64. The summed E-state index contributed by atoms with van der Waals surface area (Å²) in [6, 6.07) is 11.3. The van der Waals surface area contributed by atoms with Crippen LogP contribution in [0.4, 0.5) is 0 Å². The lowest BCUT2D eigenvalue weighted by atomic mass is 9.95. The zero-order valence-corrected chi connectivity index (χ0v) is 21.1. The Labute approximate surface area is 207 Å². The van der Waals surface area contributed by atoms with Crippen LogP contribution in [-0.2, 0) is 9.53 Å². The first-order valence-corrected chi connectivity index (χ1v) is 11.5. The number of furan rings is 1. The molecule has 0 saturated carbocycles. The molecule has 32 heavy (non-hydrogen) atoms. The fourth-order valence-corrected chi connectivity index (χ4v) is 5.12. The number of ether oxygens (including phenoxy) is 2. The monoisotopic (exact) mass is 622 g/mol. The smallest absolute Gasteiger partial charge is 0.348 e. The van der Waals surface area contributed by atoms with Gasteiger partial charge in [-0.15, -0.1) is 0 Å². The van der Waals surface area contributed by atoms with E-state index in [-0.39, 0.29) is 22.8 Å². The molecular formula is C23H13Br3O6. The Balaban J connectivity index is 1.95. The van der Waals surface area contributed by atoms with E-state index in [1.54, 1.807) is 36.4 Å². The highest BCUT2D eigenvalue weighted by Crippen LogP contribution is 2.43. The highest BCUT2D eigenvalue weighted by atomic mass is 79.9. The van der Waals surface area contributed by atoms with Crippen molar-refractivity contribution in [1.29, 1.82) is 0 Å². The van der Waals surface area contributed by atoms with Gasteiger partial charge in [-0.25, -0.2) is 4.79 Å². The summed E-state index contributed by atoms with van der Waals surface area (Å²) < 4.78 is 17.8. The van der Waals surface area contributed by atoms with Gasteiger partial charge >= 0.3 is 5.97 Å². The molecule has 6 nitrogen and oxygen atoms in total. The number of methoxy groups -OCH3 is 1. The van der Waals surface area contributed by atoms with Crippen LogP contribution >= 0.6 is 47.8 Å². The molecule has 1 N–H and O–H groups in total. The number of hydrogen-bond acceptors (Lipinski definition) is 6. The van der Waals surface area contributed by atoms with E-state index in [0.29, 0.717) is 35.9 Å². The summed E-state index contributed by atoms with van der Waals surface area (Å²) in [5.74, 6) is -0.530. The first-order chi connectivity index (χ1) is 15.3. The maximum absolute atomic E-state index is 13.1. The summed E-state index contributed by atoms with van der Waals surface area (Å²) in [7, 11) is 1.53. The predicted molar refractivity (Wildman–Crippen MR) is 128 cm³/mol. The average Bonchev–Trinajstić information content (AvgIpc) is 3.38. The Morgan fingerprint density at radius 1 is 1.06 bits per heavy atom. The van der Waals surface area contributed by atoms with E-state index < -0.39 is 11.8 Å². The molecule has 0 bridgehead atoms. The molecule has 0 spiro atoms. The number of cyclic esters (lactones) is 1. The van der Waals surface area contributed by atoms with Gasteiger partial charge in [0.2, 0.25) is 5.78 Å². The number of hydrogen-bond donors (Lipinski definition) is 1. The minimum atomic E-state index is -0.784. The summed E-state index contributed by atoms with van der Waals surface area (Å²) in [5.41, 5.74) is 1.36. The third-order valence-corrected chi connectivity index (χ3v) is 6.45. The SMILES string of the molecule is COc1c(Br)cc(C2=C(C(=O)c3ccco3)C(=O)O/C2=C\c2ccc(O)c(Br)c2)cc1Br. The normalized spacial score (nSPS) is 14.8. The van der Waals surface area contributed by atoms with Gasteiger partial charge in [0.1, 0.15) is 22.8 Å². The van der Waals surface area contributed by atoms with Crippen molar-refractivity contribution in [3.8, 4) is 11.5 Å². The van der Waals surface area contributed by atoms with Crippen molar-refractivity contribution in [1.82, 2.24) is 0 Å². The van der Waals surface area contributed by atoms with E-state index in [0.717, 1.165) is 0 Å². The number of rotatable bonds is 5. The molecule has 2 aromatic carbocycles. The van der Waals surface area contributed by atoms with Crippen molar-refractivity contribution in [2.75, 3.05) is 7.11 Å². The highest BCUT2D eigenvalue weighted by molar-refractivity contribution is 9.11. The van der Waals surface area contributed by atoms with Crippen molar-refractivity contribution < 1.29 is 28.6 Å². The molecule has 0 unspecified atom stereocenters. The standard InChI is InChI=1S/C23H13Br3O6/c1-30-22-14(25)9-12(10-15(22)26)19-18(8-11-4-5-16(27)13(24)7-11)32-23(29)20(19)21(28)17-3-2-6-31-17/h2-10,27H,1H3/b18-8-. The third-order valence-electron chi connectivity index (χ3n) is 4.64. The van der Waals surface area contributed by atoms with Gasteiger partial charge in [0.25, 0.3) is 0 Å². The van der Waals surface area contributed by atoms with Crippen LogP contribution in [0.15, 0.2) is 77.9 Å². The molecule has 3 aromatic rings. The number of aromatic hydroxyl groups is 1. The molecule has 1 aliphatic heterocycles. The van der Waals surface area contributed by atoms with Crippen molar-refractivity contribution in [3.05, 3.63) is 90.4 Å². The van der Waals surface area contributed by atoms with Crippen LogP contribution in [0, 0.1) is 0 Å². The summed E-state index contributed by atoms with van der Waals surface area (Å²) in [5, 5.41) is 9.77. The van der Waals surface area contributed by atoms with E-state index in [9.17, 15) is 14.7 Å². The lowest BCUT2D eigenvalue weighted by molar-refractivity contribution is -0.132. The Bertz CT molecular complexity index is 1280. The fraction of sp³-hybridized carbons (Fsp3) is 0.0435. The van der Waals surface area contributed by atoms with Gasteiger partial charge in [0, 0.05) is 5.57 Å². The molecule has 0 saturated heterocycles. The Hall–Kier alpha value is -2.62. The van der Waals surface area contributed by atoms with E-state index in [2.05, 4.69) is 47.8 Å². The van der Waals surface area contributed by atoms with Gasteiger partial charge in [0.15, 0.2) is 5.76 Å². The van der Waals surface area contributed by atoms with Crippen molar-refractivity contribution >= 4 is 71.2 Å². The number of esters is 1. The van der Waals surface area contributed by atoms with Gasteiger partial charge in [-0.05, 0) is 101 Å². The summed E-state index contributed by atoms with van der Waals surface area (Å²) in [6.07, 6.45) is 2.98. The first kappa shape index (κ1) is 22.6. The minimum Gasteiger partial charge on any atom is -0.507 e. The van der Waals surface area contributed by atoms with Gasteiger partial charge in [0.05, 0.1) is 26.8 Å². The van der Waals surface area contributed by atoms with E-state index in [4.69, 9.17) is 13.9 Å². The summed E-state index contributed by atoms with van der Waals surface area (Å²) in [4.78, 5) is 26.0. The number of phenols is 1. The molecule has 0 amide bonds. The maximum atomic E-state index is 13.1. The van der Waals surface area contributed by atoms with Gasteiger partial charge in [-0.2, -0.15) is 0 Å². The molecule has 4 rings (SSSR count). The van der Waals surface area contributed by atoms with Crippen LogP contribution < -0.4 is 4.74 Å². The quantitative estimate of drug-likeness (QED) is 0.198. The molecule has 162 valence electrons. The number of phenolic OH excluding ortho intramolecular Hbond substituents is 1. The van der Waals surface area contributed by atoms with Crippen molar-refractivity contribution in [2.45, 2.75) is 0 Å². The van der Waals surface area contributed by atoms with Crippen molar-refractivity contribution in [3.63, 3.8) is 0 Å². The lowest BCUT2D eigenvalue weighted by Crippen LogP contribution is -2.10. The zero-order chi connectivity index (χ0) is 23.0. The Morgan fingerprint density at radius 3 is 2.38 bits per heavy atom. The number of benzene rings is 2. The number of carbonyl (C=O) groups excluding carboxylic acids is 2. The minimum absolute atomic E-state index is 0.0229. The Morgan fingerprint density at radius 2 is 1.78 bits per heavy atom. The molecule has 1 aliphatic rings. The van der Waals surface area contributed by atoms with Crippen LogP contribution in [0.2, 0.25) is 0 Å². The molecule has 0 radical (unpaired) electrons. The molecule has 0 atom stereocenters. The summed E-state index contributed by atoms with van der Waals surface area (Å²) >= 11 is 10.2. The lowest BCUT2D eigenvalue weighted by Gasteiger charge is -2.11. The van der Waals surface area contributed by atoms with E-state index in [1.807, 2.05) is 0 Å². The molecule has 0 fully saturated rings. The van der Waals surface area contributed by atoms with Gasteiger partial charge in [-0.1, -0.05) is 6.07 Å². The van der Waals surface area contributed by atoms with Gasteiger partial charge in [-0.3, -0.25) is 4.79 Å². The fourth-order valence-electron chi connectivity index (χ4n) is 3.22. The topological polar surface area (TPSA) is 86.0 Å². The van der Waals surface area contributed by atoms with E-state index in [1.165, 1.54) is 25.5 Å². The van der Waals surface area contributed by atoms with E-state index >= 15 is 0 Å². The molecule has 2 heterocycles. The summed E-state index contributed by atoms with van der Waals surface area (Å²) in [6.45, 7) is 0. The molecule has 9 heteroatoms. The molecular weight excluding hydrogens is 612 g/mol. The number of carbonyl (C=O) groups is 2. The second-order valence-corrected chi connectivity index (χ2v) is 9.20. The van der Waals surface area contributed by atoms with Crippen LogP contribution in [0.1, 0.15) is 21.7 Å². The largest absolute Gasteiger partial charge is 0.507 e. The number of ketones is 1. The zero-order valence-electron chi connectivity index (χ0n) is 16.3. The Kier molecular flexibility index (Phi) is 6.41. The van der Waals surface area contributed by atoms with Crippen molar-refractivity contribution in [2.24, 2.45) is 0 Å². The maximum Gasteiger partial charge on any atom is 0.348 e. The van der Waals surface area contributed by atoms with Crippen LogP contribution in [-0.4, -0.2) is 24.0 Å². The van der Waals surface area contributed by atoms with Crippen LogP contribution in [0.25, 0.3) is 11.6 Å². The molecule has 0 aliphatic carbocycles. The predicted octanol–water partition coefficient (Wildman–Crippen LogP) is 6.52. The van der Waals surface area contributed by atoms with Gasteiger partial charge < -0.3 is 19.0 Å². The average molecular weight is 625 g/mol. The number of Topliss-reactive ketones (excluding diaryl/α,β-unsaturated/α-hetero) is 1. The van der Waals surface area contributed by atoms with Crippen LogP contribution in [0.5, 0.6) is 11.5 Å². The first-order valence-electron chi connectivity index (χ1n) is 9.08. The number of halogens is 3. The number of allylic oxidation sites excluding steroid dienone is 1. The third kappa shape index (κ3) is 4.20.